The van der Waals surface area contributed by atoms with Crippen molar-refractivity contribution in [3.05, 3.63) is 12.2 Å². The summed E-state index contributed by atoms with van der Waals surface area (Å²) in [5.74, 6) is 0. The molecule has 0 bridgehead atoms. The molecular formula is C9H18OSi. The van der Waals surface area contributed by atoms with E-state index >= 15 is 0 Å². The number of rotatable bonds is 7. The highest BCUT2D eigenvalue weighted by Crippen LogP contribution is 1.94. The molecule has 0 fully saturated rings. The van der Waals surface area contributed by atoms with Crippen molar-refractivity contribution in [2.45, 2.75) is 39.2 Å². The molecule has 1 nitrogen and oxygen atoms in total. The van der Waals surface area contributed by atoms with E-state index < -0.39 is 0 Å². The molecule has 0 aliphatic carbocycles. The van der Waals surface area contributed by atoms with Crippen molar-refractivity contribution in [2.24, 2.45) is 0 Å². The van der Waals surface area contributed by atoms with Gasteiger partial charge in [0.25, 0.3) is 0 Å². The number of hydrogen-bond donors (Lipinski definition) is 0. The minimum atomic E-state index is 0.716. The lowest BCUT2D eigenvalue weighted by Gasteiger charge is -1.98. The molecule has 0 saturated heterocycles. The van der Waals surface area contributed by atoms with Crippen LogP contribution in [0.5, 0.6) is 0 Å². The first-order chi connectivity index (χ1) is 5.41. The number of unbranched alkanes of at least 4 members (excludes halogenated alkanes) is 1. The molecule has 0 rings (SSSR count). The topological polar surface area (TPSA) is 9.23 Å². The van der Waals surface area contributed by atoms with E-state index in [0.29, 0.717) is 9.76 Å². The second-order valence-electron chi connectivity index (χ2n) is 2.45. The van der Waals surface area contributed by atoms with Gasteiger partial charge in [-0.05, 0) is 19.4 Å². The zero-order chi connectivity index (χ0) is 8.36. The predicted octanol–water partition coefficient (Wildman–Crippen LogP) is 2.81. The lowest BCUT2D eigenvalue weighted by molar-refractivity contribution is 0.342. The Hall–Kier alpha value is -0.0831. The highest BCUT2D eigenvalue weighted by molar-refractivity contribution is 6.26. The molecule has 0 aromatic rings. The molecule has 0 unspecified atom stereocenters. The normalized spacial score (nSPS) is 11.1. The summed E-state index contributed by atoms with van der Waals surface area (Å²) >= 11 is 0. The van der Waals surface area contributed by atoms with E-state index in [4.69, 9.17) is 4.43 Å². The smallest absolute Gasteiger partial charge is 0.229 e. The molecular weight excluding hydrogens is 152 g/mol. The third-order valence-corrected chi connectivity index (χ3v) is 2.32. The molecule has 0 saturated carbocycles. The van der Waals surface area contributed by atoms with Crippen LogP contribution in [-0.4, -0.2) is 16.4 Å². The molecule has 64 valence electrons. The van der Waals surface area contributed by atoms with Crippen LogP contribution >= 0.6 is 0 Å². The van der Waals surface area contributed by atoms with Crippen LogP contribution < -0.4 is 0 Å². The third-order valence-electron chi connectivity index (χ3n) is 1.36. The Morgan fingerprint density at radius 2 is 2.27 bits per heavy atom. The Labute approximate surface area is 72.8 Å². The van der Waals surface area contributed by atoms with Gasteiger partial charge in [0.05, 0.1) is 0 Å². The van der Waals surface area contributed by atoms with E-state index in [2.05, 4.69) is 19.1 Å². The largest absolute Gasteiger partial charge is 0.417 e. The first kappa shape index (κ1) is 10.9. The van der Waals surface area contributed by atoms with E-state index in [1.54, 1.807) is 0 Å². The van der Waals surface area contributed by atoms with Gasteiger partial charge < -0.3 is 4.43 Å². The van der Waals surface area contributed by atoms with Gasteiger partial charge in [0, 0.05) is 6.61 Å². The Bertz CT molecular complexity index is 91.6. The summed E-state index contributed by atoms with van der Waals surface area (Å²) in [5, 5.41) is 0. The Morgan fingerprint density at radius 1 is 1.45 bits per heavy atom. The molecule has 2 heteroatoms. The minimum Gasteiger partial charge on any atom is -0.417 e. The summed E-state index contributed by atoms with van der Waals surface area (Å²) in [6, 6.07) is 1.24. The fraction of sp³-hybridized carbons (Fsp3) is 0.778. The average molecular weight is 170 g/mol. The van der Waals surface area contributed by atoms with Gasteiger partial charge in [-0.2, -0.15) is 0 Å². The van der Waals surface area contributed by atoms with E-state index in [1.165, 1.54) is 18.9 Å². The number of allylic oxidation sites excluding steroid dienone is 1. The quantitative estimate of drug-likeness (QED) is 0.324. The Kier molecular flexibility index (Phi) is 9.84. The van der Waals surface area contributed by atoms with Crippen LogP contribution in [0, 0.1) is 0 Å². The summed E-state index contributed by atoms with van der Waals surface area (Å²) in [5.41, 5.74) is 0. The molecule has 0 aliphatic rings. The van der Waals surface area contributed by atoms with Crippen LogP contribution in [0.15, 0.2) is 12.2 Å². The van der Waals surface area contributed by atoms with Crippen LogP contribution in [0.1, 0.15) is 33.1 Å². The molecule has 2 radical (unpaired) electrons. The van der Waals surface area contributed by atoms with Crippen molar-refractivity contribution in [1.82, 2.24) is 0 Å². The van der Waals surface area contributed by atoms with Crippen LogP contribution in [-0.2, 0) is 4.43 Å². The first-order valence-electron chi connectivity index (χ1n) is 4.37. The van der Waals surface area contributed by atoms with Crippen LogP contribution in [0.3, 0.4) is 0 Å². The van der Waals surface area contributed by atoms with Crippen LogP contribution in [0.25, 0.3) is 0 Å². The molecule has 0 spiro atoms. The predicted molar refractivity (Wildman–Crippen MR) is 50.9 cm³/mol. The molecule has 0 aliphatic heterocycles. The maximum Gasteiger partial charge on any atom is 0.229 e. The zero-order valence-electron chi connectivity index (χ0n) is 7.60. The summed E-state index contributed by atoms with van der Waals surface area (Å²) in [7, 11) is 0.716. The monoisotopic (exact) mass is 170 g/mol. The van der Waals surface area contributed by atoms with Gasteiger partial charge >= 0.3 is 0 Å². The zero-order valence-corrected chi connectivity index (χ0v) is 8.60. The van der Waals surface area contributed by atoms with Crippen molar-refractivity contribution in [3.8, 4) is 0 Å². The standard InChI is InChI=1S/C9H18OSi/c1-3-5-7-8-10-11-9-6-4-2/h3,5H,4,6-9H2,1-2H3. The maximum atomic E-state index is 5.41. The van der Waals surface area contributed by atoms with Gasteiger partial charge in [-0.3, -0.25) is 0 Å². The number of hydrogen-bond acceptors (Lipinski definition) is 1. The summed E-state index contributed by atoms with van der Waals surface area (Å²) in [4.78, 5) is 0. The van der Waals surface area contributed by atoms with Gasteiger partial charge in [-0.25, -0.2) is 0 Å². The second kappa shape index (κ2) is 9.92. The van der Waals surface area contributed by atoms with E-state index in [1.807, 2.05) is 6.92 Å². The van der Waals surface area contributed by atoms with E-state index in [9.17, 15) is 0 Å². The van der Waals surface area contributed by atoms with Gasteiger partial charge in [-0.1, -0.05) is 31.9 Å². The van der Waals surface area contributed by atoms with Gasteiger partial charge in [0.1, 0.15) is 0 Å². The van der Waals surface area contributed by atoms with Gasteiger partial charge in [0.15, 0.2) is 0 Å². The van der Waals surface area contributed by atoms with Gasteiger partial charge in [0.2, 0.25) is 9.76 Å². The molecule has 0 heterocycles. The summed E-state index contributed by atoms with van der Waals surface area (Å²) in [6.07, 6.45) is 7.87. The molecule has 0 atom stereocenters. The lowest BCUT2D eigenvalue weighted by atomic mass is 10.4. The molecule has 11 heavy (non-hydrogen) atoms. The van der Waals surface area contributed by atoms with E-state index in [-0.39, 0.29) is 0 Å². The SMILES string of the molecule is CC=CCCO[Si]CCCC. The fourth-order valence-electron chi connectivity index (χ4n) is 0.687. The van der Waals surface area contributed by atoms with Crippen LogP contribution in [0.4, 0.5) is 0 Å². The maximum absolute atomic E-state index is 5.41. The third kappa shape index (κ3) is 9.92. The minimum absolute atomic E-state index is 0.716. The summed E-state index contributed by atoms with van der Waals surface area (Å²) in [6.45, 7) is 5.15. The summed E-state index contributed by atoms with van der Waals surface area (Å²) < 4.78 is 5.41. The Balaban J connectivity index is 2.79. The Morgan fingerprint density at radius 3 is 2.91 bits per heavy atom. The van der Waals surface area contributed by atoms with Gasteiger partial charge in [-0.15, -0.1) is 0 Å². The van der Waals surface area contributed by atoms with E-state index in [0.717, 1.165) is 13.0 Å². The molecule has 0 N–H and O–H groups in total. The van der Waals surface area contributed by atoms with Crippen molar-refractivity contribution < 1.29 is 4.43 Å². The van der Waals surface area contributed by atoms with Crippen molar-refractivity contribution in [1.29, 1.82) is 0 Å². The molecule has 0 aromatic carbocycles. The average Bonchev–Trinajstić information content (AvgIpc) is 2.03. The van der Waals surface area contributed by atoms with Crippen molar-refractivity contribution in [2.75, 3.05) is 6.61 Å². The molecule has 0 aromatic heterocycles. The highest BCUT2D eigenvalue weighted by atomic mass is 28.2. The lowest BCUT2D eigenvalue weighted by Crippen LogP contribution is -1.98. The van der Waals surface area contributed by atoms with Crippen LogP contribution in [0.2, 0.25) is 6.04 Å². The molecule has 0 amide bonds. The first-order valence-corrected chi connectivity index (χ1v) is 5.49. The van der Waals surface area contributed by atoms with Crippen molar-refractivity contribution in [3.63, 3.8) is 0 Å². The van der Waals surface area contributed by atoms with Crippen molar-refractivity contribution >= 4 is 9.76 Å². The highest BCUT2D eigenvalue weighted by Gasteiger charge is 1.88. The second-order valence-corrected chi connectivity index (χ2v) is 3.53. The fourth-order valence-corrected chi connectivity index (χ4v) is 1.59.